The first-order chi connectivity index (χ1) is 17.5. The third-order valence-corrected chi connectivity index (χ3v) is 6.27. The number of rotatable bonds is 5. The third kappa shape index (κ3) is 4.93. The van der Waals surface area contributed by atoms with E-state index >= 15 is 0 Å². The Balaban J connectivity index is 1.49. The number of benzene rings is 4. The van der Waals surface area contributed by atoms with E-state index in [1.807, 2.05) is 78.6 Å². The summed E-state index contributed by atoms with van der Waals surface area (Å²) in [4.78, 5) is 27.1. The van der Waals surface area contributed by atoms with Crippen molar-refractivity contribution in [2.45, 2.75) is 19.6 Å². The lowest BCUT2D eigenvalue weighted by Crippen LogP contribution is -2.29. The highest BCUT2D eigenvalue weighted by Crippen LogP contribution is 2.35. The van der Waals surface area contributed by atoms with Crippen LogP contribution in [0.1, 0.15) is 43.5 Å². The van der Waals surface area contributed by atoms with E-state index in [-0.39, 0.29) is 17.6 Å². The van der Waals surface area contributed by atoms with Gasteiger partial charge in [-0.25, -0.2) is 4.79 Å². The fraction of sp³-hybridized carbons (Fsp3) is 0.133. The van der Waals surface area contributed by atoms with Gasteiger partial charge in [-0.1, -0.05) is 66.2 Å². The number of carbonyl (C=O) groups excluding carboxylic acids is 1. The van der Waals surface area contributed by atoms with Gasteiger partial charge in [0, 0.05) is 23.4 Å². The summed E-state index contributed by atoms with van der Waals surface area (Å²) in [7, 11) is 0. The molecule has 6 nitrogen and oxygen atoms in total. The van der Waals surface area contributed by atoms with E-state index in [4.69, 9.17) is 4.74 Å². The van der Waals surface area contributed by atoms with Crippen molar-refractivity contribution < 1.29 is 19.4 Å². The molecule has 0 aromatic heterocycles. The molecule has 1 aliphatic heterocycles. The fourth-order valence-electron chi connectivity index (χ4n) is 4.49. The minimum absolute atomic E-state index is 0.114. The number of carboxylic acids is 1. The Morgan fingerprint density at radius 3 is 2.47 bits per heavy atom. The van der Waals surface area contributed by atoms with Gasteiger partial charge in [0.15, 0.2) is 0 Å². The summed E-state index contributed by atoms with van der Waals surface area (Å²) in [5, 5.41) is 12.9. The van der Waals surface area contributed by atoms with E-state index in [1.165, 1.54) is 6.07 Å². The van der Waals surface area contributed by atoms with Crippen molar-refractivity contribution >= 4 is 23.3 Å². The Bertz CT molecular complexity index is 1420. The van der Waals surface area contributed by atoms with Gasteiger partial charge in [-0.3, -0.25) is 4.79 Å². The topological polar surface area (TPSA) is 78.9 Å². The number of carboxylic acid groups (broad SMARTS) is 1. The van der Waals surface area contributed by atoms with E-state index in [2.05, 4.69) is 5.32 Å². The number of hydrogen-bond acceptors (Lipinski definition) is 4. The maximum Gasteiger partial charge on any atom is 0.337 e. The van der Waals surface area contributed by atoms with Gasteiger partial charge in [0.2, 0.25) is 0 Å². The van der Waals surface area contributed by atoms with Gasteiger partial charge in [0.25, 0.3) is 5.91 Å². The molecule has 5 rings (SSSR count). The number of aryl methyl sites for hydroxylation is 1. The second-order valence-corrected chi connectivity index (χ2v) is 8.87. The number of para-hydroxylation sites is 1. The molecule has 4 aromatic rings. The second-order valence-electron chi connectivity index (χ2n) is 8.87. The fourth-order valence-corrected chi connectivity index (χ4v) is 4.49. The maximum atomic E-state index is 12.7. The first-order valence-corrected chi connectivity index (χ1v) is 11.8. The number of carbonyl (C=O) groups is 2. The number of fused-ring (bicyclic) bond motifs is 1. The molecule has 0 aliphatic carbocycles. The number of hydrogen-bond donors (Lipinski definition) is 2. The molecule has 0 fully saturated rings. The smallest absolute Gasteiger partial charge is 0.337 e. The summed E-state index contributed by atoms with van der Waals surface area (Å²) >= 11 is 0. The second kappa shape index (κ2) is 9.96. The van der Waals surface area contributed by atoms with Crippen molar-refractivity contribution in [3.8, 4) is 5.75 Å². The Morgan fingerprint density at radius 1 is 0.917 bits per heavy atom. The summed E-state index contributed by atoms with van der Waals surface area (Å²) in [6.07, 6.45) is -0.280. The highest BCUT2D eigenvalue weighted by atomic mass is 16.5. The lowest BCUT2D eigenvalue weighted by Gasteiger charge is -2.27. The van der Waals surface area contributed by atoms with Crippen molar-refractivity contribution in [1.29, 1.82) is 0 Å². The van der Waals surface area contributed by atoms with E-state index in [0.29, 0.717) is 30.0 Å². The number of aromatic carboxylic acids is 1. The quantitative estimate of drug-likeness (QED) is 0.363. The number of amides is 1. The van der Waals surface area contributed by atoms with Crippen LogP contribution in [-0.2, 0) is 6.54 Å². The molecule has 180 valence electrons. The zero-order valence-electron chi connectivity index (χ0n) is 19.8. The summed E-state index contributed by atoms with van der Waals surface area (Å²) in [5.41, 5.74) is 4.58. The molecule has 1 unspecified atom stereocenters. The molecule has 0 radical (unpaired) electrons. The first kappa shape index (κ1) is 23.2. The molecule has 1 aliphatic rings. The molecule has 0 saturated heterocycles. The van der Waals surface area contributed by atoms with Crippen molar-refractivity contribution in [3.63, 3.8) is 0 Å². The Labute approximate surface area is 209 Å². The van der Waals surface area contributed by atoms with Gasteiger partial charge in [0.05, 0.1) is 17.8 Å². The molecular formula is C30H26N2O4. The van der Waals surface area contributed by atoms with Crippen molar-refractivity contribution in [2.24, 2.45) is 0 Å². The number of anilines is 2. The first-order valence-electron chi connectivity index (χ1n) is 11.8. The van der Waals surface area contributed by atoms with Gasteiger partial charge in [-0.2, -0.15) is 0 Å². The Morgan fingerprint density at radius 2 is 1.69 bits per heavy atom. The zero-order chi connectivity index (χ0) is 25.1. The highest BCUT2D eigenvalue weighted by Gasteiger charge is 2.27. The standard InChI is InChI=1S/C30H26N2O4/c1-20-8-7-12-22(16-20)29(33)31-24-14-15-26(25(17-24)30(34)35)32-18-23-11-5-6-13-27(23)36-28(19-32)21-9-3-2-4-10-21/h2-17,28H,18-19H2,1H3,(H,31,33)(H,34,35). The van der Waals surface area contributed by atoms with Crippen LogP contribution >= 0.6 is 0 Å². The molecule has 1 heterocycles. The van der Waals surface area contributed by atoms with E-state index in [1.54, 1.807) is 24.3 Å². The molecule has 0 spiro atoms. The van der Waals surface area contributed by atoms with Gasteiger partial charge in [-0.05, 0) is 48.9 Å². The zero-order valence-corrected chi connectivity index (χ0v) is 19.8. The Kier molecular flexibility index (Phi) is 6.41. The minimum Gasteiger partial charge on any atom is -0.484 e. The molecule has 2 N–H and O–H groups in total. The normalized spacial score (nSPS) is 14.8. The predicted octanol–water partition coefficient (Wildman–Crippen LogP) is 6.09. The number of ether oxygens (including phenoxy) is 1. The van der Waals surface area contributed by atoms with Crippen LogP contribution in [0, 0.1) is 6.92 Å². The van der Waals surface area contributed by atoms with E-state index < -0.39 is 5.97 Å². The van der Waals surface area contributed by atoms with Crippen molar-refractivity contribution in [3.05, 3.63) is 125 Å². The van der Waals surface area contributed by atoms with Gasteiger partial charge < -0.3 is 20.1 Å². The average molecular weight is 479 g/mol. The summed E-state index contributed by atoms with van der Waals surface area (Å²) in [5.74, 6) is -0.567. The molecule has 36 heavy (non-hydrogen) atoms. The van der Waals surface area contributed by atoms with E-state index in [0.717, 1.165) is 22.4 Å². The van der Waals surface area contributed by atoms with Crippen LogP contribution in [0.5, 0.6) is 5.75 Å². The van der Waals surface area contributed by atoms with Crippen LogP contribution < -0.4 is 15.0 Å². The molecule has 0 bridgehead atoms. The molecule has 4 aromatic carbocycles. The lowest BCUT2D eigenvalue weighted by atomic mass is 10.1. The monoisotopic (exact) mass is 478 g/mol. The summed E-state index contributed by atoms with van der Waals surface area (Å²) in [6, 6.07) is 30.0. The molecule has 6 heteroatoms. The van der Waals surface area contributed by atoms with E-state index in [9.17, 15) is 14.7 Å². The largest absolute Gasteiger partial charge is 0.484 e. The molecule has 0 saturated carbocycles. The molecule has 1 amide bonds. The average Bonchev–Trinajstić information content (AvgIpc) is 3.09. The lowest BCUT2D eigenvalue weighted by molar-refractivity contribution is 0.0697. The van der Waals surface area contributed by atoms with Crippen LogP contribution in [0.2, 0.25) is 0 Å². The van der Waals surface area contributed by atoms with Crippen molar-refractivity contribution in [2.75, 3.05) is 16.8 Å². The maximum absolute atomic E-state index is 12.7. The van der Waals surface area contributed by atoms with Crippen LogP contribution in [0.3, 0.4) is 0 Å². The molecular weight excluding hydrogens is 452 g/mol. The summed E-state index contributed by atoms with van der Waals surface area (Å²) < 4.78 is 6.38. The van der Waals surface area contributed by atoms with Crippen molar-refractivity contribution in [1.82, 2.24) is 0 Å². The van der Waals surface area contributed by atoms with Gasteiger partial charge in [0.1, 0.15) is 11.9 Å². The predicted molar refractivity (Wildman–Crippen MR) is 140 cm³/mol. The SMILES string of the molecule is Cc1cccc(C(=O)Nc2ccc(N3Cc4ccccc4OC(c4ccccc4)C3)c(C(=O)O)c2)c1. The minimum atomic E-state index is -1.06. The van der Waals surface area contributed by atoms with Gasteiger partial charge >= 0.3 is 5.97 Å². The summed E-state index contributed by atoms with van der Waals surface area (Å²) in [6.45, 7) is 2.88. The number of nitrogens with one attached hydrogen (secondary N) is 1. The van der Waals surface area contributed by atoms with Crippen LogP contribution in [-0.4, -0.2) is 23.5 Å². The Hall–Kier alpha value is -4.58. The highest BCUT2D eigenvalue weighted by molar-refractivity contribution is 6.05. The number of nitrogens with zero attached hydrogens (tertiary/aromatic N) is 1. The third-order valence-electron chi connectivity index (χ3n) is 6.27. The molecule has 1 atom stereocenters. The van der Waals surface area contributed by atoms with Crippen LogP contribution in [0.15, 0.2) is 97.1 Å². The van der Waals surface area contributed by atoms with Crippen LogP contribution in [0.25, 0.3) is 0 Å². The van der Waals surface area contributed by atoms with Crippen LogP contribution in [0.4, 0.5) is 11.4 Å². The van der Waals surface area contributed by atoms with Gasteiger partial charge in [-0.15, -0.1) is 0 Å².